The molecule has 0 aromatic heterocycles. The zero-order valence-corrected chi connectivity index (χ0v) is 21.4. The molecule has 0 aliphatic carbocycles. The Labute approximate surface area is 224 Å². The third-order valence-corrected chi connectivity index (χ3v) is 5.80. The van der Waals surface area contributed by atoms with E-state index in [4.69, 9.17) is 21.1 Å². The minimum Gasteiger partial charge on any atom is -0.490 e. The van der Waals surface area contributed by atoms with Gasteiger partial charge in [-0.05, 0) is 73.5 Å². The number of aryl methyl sites for hydroxylation is 1. The number of halogens is 1. The number of hydrogen-bond donors (Lipinski definition) is 2. The number of amides is 5. The molecule has 10 heteroatoms. The first-order chi connectivity index (χ1) is 18.3. The highest BCUT2D eigenvalue weighted by Crippen LogP contribution is 2.30. The van der Waals surface area contributed by atoms with E-state index in [1.807, 2.05) is 25.1 Å². The fraction of sp³-hybridized carbons (Fsp3) is 0.143. The van der Waals surface area contributed by atoms with Crippen LogP contribution in [0.1, 0.15) is 18.1 Å². The smallest absolute Gasteiger partial charge is 0.335 e. The van der Waals surface area contributed by atoms with Crippen LogP contribution in [0.3, 0.4) is 0 Å². The monoisotopic (exact) mass is 533 g/mol. The average molecular weight is 534 g/mol. The molecule has 1 aliphatic heterocycles. The van der Waals surface area contributed by atoms with Crippen LogP contribution in [0.25, 0.3) is 6.08 Å². The van der Waals surface area contributed by atoms with Gasteiger partial charge in [0.15, 0.2) is 18.1 Å². The highest BCUT2D eigenvalue weighted by molar-refractivity contribution is 6.39. The molecule has 0 atom stereocenters. The van der Waals surface area contributed by atoms with Crippen LogP contribution in [0.5, 0.6) is 11.5 Å². The molecular formula is C28H24ClN3O6. The Morgan fingerprint density at radius 1 is 1.00 bits per heavy atom. The lowest BCUT2D eigenvalue weighted by Crippen LogP contribution is -2.54. The van der Waals surface area contributed by atoms with Gasteiger partial charge < -0.3 is 14.8 Å². The van der Waals surface area contributed by atoms with Gasteiger partial charge in [0, 0.05) is 10.7 Å². The van der Waals surface area contributed by atoms with Crippen LogP contribution in [-0.2, 0) is 14.4 Å². The molecule has 3 aromatic carbocycles. The van der Waals surface area contributed by atoms with E-state index in [1.54, 1.807) is 31.2 Å². The first-order valence-corrected chi connectivity index (χ1v) is 12.1. The zero-order chi connectivity index (χ0) is 27.2. The summed E-state index contributed by atoms with van der Waals surface area (Å²) in [7, 11) is 0. The van der Waals surface area contributed by atoms with Gasteiger partial charge in [-0.15, -0.1) is 0 Å². The lowest BCUT2D eigenvalue weighted by atomic mass is 10.1. The summed E-state index contributed by atoms with van der Waals surface area (Å²) in [6.45, 7) is 3.73. The number of ether oxygens (including phenoxy) is 2. The summed E-state index contributed by atoms with van der Waals surface area (Å²) in [6.07, 6.45) is 1.35. The minimum atomic E-state index is -0.859. The molecule has 9 nitrogen and oxygen atoms in total. The van der Waals surface area contributed by atoms with E-state index in [9.17, 15) is 19.2 Å². The van der Waals surface area contributed by atoms with Gasteiger partial charge in [-0.2, -0.15) is 0 Å². The van der Waals surface area contributed by atoms with Crippen LogP contribution in [-0.4, -0.2) is 37.0 Å². The molecule has 38 heavy (non-hydrogen) atoms. The van der Waals surface area contributed by atoms with Crippen molar-refractivity contribution in [1.29, 1.82) is 0 Å². The number of imide groups is 2. The maximum atomic E-state index is 13.1. The number of carbonyl (C=O) groups is 4. The largest absolute Gasteiger partial charge is 0.490 e. The third kappa shape index (κ3) is 6.01. The standard InChI is InChI=1S/C28H24ClN3O6/c1-3-37-24-15-18(8-13-23(24)38-16-25(33)30-22-7-5-4-6-17(22)2)14-21-26(34)31-28(36)32(27(21)35)20-11-9-19(29)10-12-20/h4-15H,3,16H2,1-2H3,(H,30,33)(H,31,34,36)/b21-14-. The van der Waals surface area contributed by atoms with Crippen LogP contribution in [0.2, 0.25) is 5.02 Å². The Hall–Kier alpha value is -4.63. The van der Waals surface area contributed by atoms with Crippen molar-refractivity contribution in [2.45, 2.75) is 13.8 Å². The van der Waals surface area contributed by atoms with E-state index >= 15 is 0 Å². The van der Waals surface area contributed by atoms with Gasteiger partial charge >= 0.3 is 6.03 Å². The van der Waals surface area contributed by atoms with E-state index in [-0.39, 0.29) is 23.8 Å². The number of hydrogen-bond acceptors (Lipinski definition) is 6. The molecule has 4 rings (SSSR count). The summed E-state index contributed by atoms with van der Waals surface area (Å²) in [6, 6.07) is 17.4. The second-order valence-electron chi connectivity index (χ2n) is 8.23. The third-order valence-electron chi connectivity index (χ3n) is 5.54. The first-order valence-electron chi connectivity index (χ1n) is 11.7. The SMILES string of the molecule is CCOc1cc(/C=C2/C(=O)NC(=O)N(c3ccc(Cl)cc3)C2=O)ccc1OCC(=O)Nc1ccccc1C. The Morgan fingerprint density at radius 2 is 1.74 bits per heavy atom. The number of para-hydroxylation sites is 1. The van der Waals surface area contributed by atoms with Gasteiger partial charge in [-0.25, -0.2) is 9.69 Å². The van der Waals surface area contributed by atoms with Gasteiger partial charge in [0.2, 0.25) is 0 Å². The van der Waals surface area contributed by atoms with Gasteiger partial charge in [0.05, 0.1) is 12.3 Å². The summed E-state index contributed by atoms with van der Waals surface area (Å²) in [5, 5.41) is 5.41. The molecule has 0 radical (unpaired) electrons. The summed E-state index contributed by atoms with van der Waals surface area (Å²) < 4.78 is 11.3. The second kappa shape index (κ2) is 11.6. The van der Waals surface area contributed by atoms with Gasteiger partial charge in [0.1, 0.15) is 5.57 Å². The zero-order valence-electron chi connectivity index (χ0n) is 20.6. The Morgan fingerprint density at radius 3 is 2.45 bits per heavy atom. The molecule has 0 unspecified atom stereocenters. The highest BCUT2D eigenvalue weighted by Gasteiger charge is 2.36. The van der Waals surface area contributed by atoms with Crippen molar-refractivity contribution in [3.8, 4) is 11.5 Å². The summed E-state index contributed by atoms with van der Waals surface area (Å²) >= 11 is 5.90. The number of rotatable bonds is 8. The van der Waals surface area contributed by atoms with Crippen molar-refractivity contribution in [3.05, 3.63) is 88.5 Å². The molecule has 1 heterocycles. The van der Waals surface area contributed by atoms with Crippen molar-refractivity contribution in [1.82, 2.24) is 5.32 Å². The average Bonchev–Trinajstić information content (AvgIpc) is 2.88. The van der Waals surface area contributed by atoms with Crippen molar-refractivity contribution in [2.24, 2.45) is 0 Å². The van der Waals surface area contributed by atoms with Crippen LogP contribution in [0.15, 0.2) is 72.3 Å². The van der Waals surface area contributed by atoms with E-state index < -0.39 is 17.8 Å². The second-order valence-corrected chi connectivity index (χ2v) is 8.66. The van der Waals surface area contributed by atoms with Gasteiger partial charge in [-0.1, -0.05) is 35.9 Å². The molecule has 1 saturated heterocycles. The quantitative estimate of drug-likeness (QED) is 0.319. The minimum absolute atomic E-state index is 0.242. The molecule has 1 aliphatic rings. The molecule has 194 valence electrons. The number of barbiturate groups is 1. The van der Waals surface area contributed by atoms with Crippen molar-refractivity contribution >= 4 is 52.8 Å². The van der Waals surface area contributed by atoms with Crippen molar-refractivity contribution in [2.75, 3.05) is 23.4 Å². The van der Waals surface area contributed by atoms with E-state index in [0.29, 0.717) is 34.4 Å². The van der Waals surface area contributed by atoms with Crippen LogP contribution in [0.4, 0.5) is 16.2 Å². The number of nitrogens with zero attached hydrogens (tertiary/aromatic N) is 1. The lowest BCUT2D eigenvalue weighted by Gasteiger charge is -2.26. The Balaban J connectivity index is 1.53. The topological polar surface area (TPSA) is 114 Å². The number of carbonyl (C=O) groups excluding carboxylic acids is 4. The maximum Gasteiger partial charge on any atom is 0.335 e. The summed E-state index contributed by atoms with van der Waals surface area (Å²) in [5.41, 5.74) is 2.08. The van der Waals surface area contributed by atoms with Crippen LogP contribution in [0, 0.1) is 6.92 Å². The molecule has 3 aromatic rings. The van der Waals surface area contributed by atoms with Crippen LogP contribution >= 0.6 is 11.6 Å². The number of anilines is 2. The highest BCUT2D eigenvalue weighted by atomic mass is 35.5. The van der Waals surface area contributed by atoms with E-state index in [0.717, 1.165) is 10.5 Å². The predicted molar refractivity (Wildman–Crippen MR) is 143 cm³/mol. The number of benzene rings is 3. The molecule has 5 amide bonds. The van der Waals surface area contributed by atoms with Gasteiger partial charge in [-0.3, -0.25) is 19.7 Å². The van der Waals surface area contributed by atoms with Gasteiger partial charge in [0.25, 0.3) is 17.7 Å². The number of nitrogens with one attached hydrogen (secondary N) is 2. The first kappa shape index (κ1) is 26.4. The number of urea groups is 1. The molecule has 1 fully saturated rings. The fourth-order valence-electron chi connectivity index (χ4n) is 3.69. The van der Waals surface area contributed by atoms with Crippen molar-refractivity contribution < 1.29 is 28.7 Å². The predicted octanol–water partition coefficient (Wildman–Crippen LogP) is 4.73. The maximum absolute atomic E-state index is 13.1. The van der Waals surface area contributed by atoms with E-state index in [2.05, 4.69) is 10.6 Å². The Bertz CT molecular complexity index is 1430. The molecule has 0 spiro atoms. The normalized spacial score (nSPS) is 14.3. The van der Waals surface area contributed by atoms with E-state index in [1.165, 1.54) is 30.3 Å². The van der Waals surface area contributed by atoms with Crippen LogP contribution < -0.4 is 25.0 Å². The summed E-state index contributed by atoms with van der Waals surface area (Å²) in [5.74, 6) is -1.32. The molecule has 0 bridgehead atoms. The summed E-state index contributed by atoms with van der Waals surface area (Å²) in [4.78, 5) is 51.3. The fourth-order valence-corrected chi connectivity index (χ4v) is 3.82. The molecule has 2 N–H and O–H groups in total. The molecular weight excluding hydrogens is 510 g/mol. The Kier molecular flexibility index (Phi) is 8.08. The van der Waals surface area contributed by atoms with Crippen molar-refractivity contribution in [3.63, 3.8) is 0 Å². The lowest BCUT2D eigenvalue weighted by molar-refractivity contribution is -0.122. The molecule has 0 saturated carbocycles.